The minimum Gasteiger partial charge on any atom is -0.376 e. The summed E-state index contributed by atoms with van der Waals surface area (Å²) in [5, 5.41) is 0. The van der Waals surface area contributed by atoms with Crippen LogP contribution >= 0.6 is 11.8 Å². The highest BCUT2D eigenvalue weighted by molar-refractivity contribution is 7.99. The third-order valence-corrected chi connectivity index (χ3v) is 2.45. The Balaban J connectivity index is 2.13. The SMILES string of the molecule is [CH2]OC1CCSCC1. The van der Waals surface area contributed by atoms with Gasteiger partial charge in [0, 0.05) is 0 Å². The fraction of sp³-hybridized carbons (Fsp3) is 0.833. The first-order valence-corrected chi connectivity index (χ1v) is 4.07. The first kappa shape index (κ1) is 6.43. The molecule has 0 aliphatic carbocycles. The van der Waals surface area contributed by atoms with Gasteiger partial charge in [0.1, 0.15) is 0 Å². The molecule has 2 heteroatoms. The molecule has 1 nitrogen and oxygen atoms in total. The maximum Gasteiger partial charge on any atom is 0.0704 e. The minimum atomic E-state index is 0.455. The number of rotatable bonds is 1. The molecule has 1 fully saturated rings. The molecule has 1 heterocycles. The number of thioether (sulfide) groups is 1. The Kier molecular flexibility index (Phi) is 2.70. The molecule has 0 amide bonds. The molecular formula is C6H11OS. The van der Waals surface area contributed by atoms with Gasteiger partial charge in [-0.3, -0.25) is 0 Å². The van der Waals surface area contributed by atoms with Gasteiger partial charge < -0.3 is 4.74 Å². The molecule has 0 bridgehead atoms. The van der Waals surface area contributed by atoms with E-state index in [1.165, 1.54) is 24.3 Å². The van der Waals surface area contributed by atoms with Crippen LogP contribution in [0.15, 0.2) is 0 Å². The Bertz CT molecular complexity index is 59.5. The number of hydrogen-bond acceptors (Lipinski definition) is 2. The zero-order chi connectivity index (χ0) is 5.82. The smallest absolute Gasteiger partial charge is 0.0704 e. The second-order valence-electron chi connectivity index (χ2n) is 1.98. The van der Waals surface area contributed by atoms with E-state index in [1.807, 2.05) is 11.8 Å². The van der Waals surface area contributed by atoms with E-state index in [0.717, 1.165) is 0 Å². The molecule has 1 aliphatic heterocycles. The monoisotopic (exact) mass is 131 g/mol. The molecule has 8 heavy (non-hydrogen) atoms. The summed E-state index contributed by atoms with van der Waals surface area (Å²) in [4.78, 5) is 0. The number of hydrogen-bond donors (Lipinski definition) is 0. The first-order valence-electron chi connectivity index (χ1n) is 2.92. The van der Waals surface area contributed by atoms with E-state index in [0.29, 0.717) is 6.10 Å². The van der Waals surface area contributed by atoms with Crippen LogP contribution in [0, 0.1) is 7.11 Å². The summed E-state index contributed by atoms with van der Waals surface area (Å²) in [6.45, 7) is 0. The topological polar surface area (TPSA) is 9.23 Å². The van der Waals surface area contributed by atoms with Crippen LogP contribution in [0.5, 0.6) is 0 Å². The van der Waals surface area contributed by atoms with E-state index in [2.05, 4.69) is 7.11 Å². The molecule has 0 aromatic heterocycles. The maximum absolute atomic E-state index is 4.93. The van der Waals surface area contributed by atoms with E-state index < -0.39 is 0 Å². The highest BCUT2D eigenvalue weighted by Crippen LogP contribution is 2.18. The van der Waals surface area contributed by atoms with Gasteiger partial charge in [-0.25, -0.2) is 0 Å². The van der Waals surface area contributed by atoms with Gasteiger partial charge in [-0.05, 0) is 24.3 Å². The Morgan fingerprint density at radius 2 is 2.00 bits per heavy atom. The molecule has 0 saturated carbocycles. The summed E-state index contributed by atoms with van der Waals surface area (Å²) >= 11 is 2.01. The van der Waals surface area contributed by atoms with Gasteiger partial charge in [0.2, 0.25) is 0 Å². The summed E-state index contributed by atoms with van der Waals surface area (Å²) in [5.41, 5.74) is 0. The zero-order valence-electron chi connectivity index (χ0n) is 4.93. The van der Waals surface area contributed by atoms with Crippen molar-refractivity contribution in [1.29, 1.82) is 0 Å². The van der Waals surface area contributed by atoms with Crippen molar-refractivity contribution in [3.63, 3.8) is 0 Å². The molecule has 1 saturated heterocycles. The van der Waals surface area contributed by atoms with Crippen LogP contribution < -0.4 is 0 Å². The molecule has 0 aromatic carbocycles. The van der Waals surface area contributed by atoms with Crippen molar-refractivity contribution in [2.75, 3.05) is 11.5 Å². The summed E-state index contributed by atoms with van der Waals surface area (Å²) in [6, 6.07) is 0. The van der Waals surface area contributed by atoms with Crippen molar-refractivity contribution in [3.8, 4) is 0 Å². The van der Waals surface area contributed by atoms with Crippen molar-refractivity contribution in [2.45, 2.75) is 18.9 Å². The lowest BCUT2D eigenvalue weighted by molar-refractivity contribution is 0.130. The number of ether oxygens (including phenoxy) is 1. The van der Waals surface area contributed by atoms with Crippen molar-refractivity contribution in [2.24, 2.45) is 0 Å². The molecule has 1 aliphatic rings. The molecule has 47 valence electrons. The van der Waals surface area contributed by atoms with Crippen LogP contribution in [0.25, 0.3) is 0 Å². The quantitative estimate of drug-likeness (QED) is 0.535. The molecule has 1 radical (unpaired) electrons. The molecule has 1 rings (SSSR count). The summed E-state index contributed by atoms with van der Waals surface area (Å²) < 4.78 is 4.93. The van der Waals surface area contributed by atoms with Crippen molar-refractivity contribution < 1.29 is 4.74 Å². The second-order valence-corrected chi connectivity index (χ2v) is 3.20. The third-order valence-electron chi connectivity index (χ3n) is 1.40. The average molecular weight is 131 g/mol. The van der Waals surface area contributed by atoms with E-state index in [9.17, 15) is 0 Å². The van der Waals surface area contributed by atoms with Gasteiger partial charge in [0.05, 0.1) is 13.2 Å². The first-order chi connectivity index (χ1) is 3.93. The highest BCUT2D eigenvalue weighted by atomic mass is 32.2. The zero-order valence-corrected chi connectivity index (χ0v) is 5.75. The lowest BCUT2D eigenvalue weighted by Crippen LogP contribution is -2.15. The highest BCUT2D eigenvalue weighted by Gasteiger charge is 2.11. The van der Waals surface area contributed by atoms with Crippen LogP contribution in [0.1, 0.15) is 12.8 Å². The van der Waals surface area contributed by atoms with Crippen LogP contribution in [-0.2, 0) is 4.74 Å². The summed E-state index contributed by atoms with van der Waals surface area (Å²) in [7, 11) is 3.40. The van der Waals surface area contributed by atoms with Crippen LogP contribution in [0.2, 0.25) is 0 Å². The maximum atomic E-state index is 4.93. The fourth-order valence-corrected chi connectivity index (χ4v) is 1.91. The fourth-order valence-electron chi connectivity index (χ4n) is 0.843. The lowest BCUT2D eigenvalue weighted by Gasteiger charge is -2.18. The largest absolute Gasteiger partial charge is 0.376 e. The second kappa shape index (κ2) is 3.36. The van der Waals surface area contributed by atoms with Gasteiger partial charge >= 0.3 is 0 Å². The van der Waals surface area contributed by atoms with E-state index in [-0.39, 0.29) is 0 Å². The van der Waals surface area contributed by atoms with Crippen LogP contribution in [0.3, 0.4) is 0 Å². The normalized spacial score (nSPS) is 23.6. The molecule has 0 unspecified atom stereocenters. The molecule has 0 atom stereocenters. The Hall–Kier alpha value is 0.310. The predicted molar refractivity (Wildman–Crippen MR) is 36.8 cm³/mol. The predicted octanol–water partition coefficient (Wildman–Crippen LogP) is 1.69. The Labute approximate surface area is 54.8 Å². The Morgan fingerprint density at radius 1 is 1.38 bits per heavy atom. The summed E-state index contributed by atoms with van der Waals surface area (Å²) in [6.07, 6.45) is 2.83. The average Bonchev–Trinajstić information content (AvgIpc) is 1.90. The standard InChI is InChI=1S/C6H11OS/c1-7-6-2-4-8-5-3-6/h6H,1-5H2. The molecule has 0 aromatic rings. The molecule has 0 spiro atoms. The lowest BCUT2D eigenvalue weighted by atomic mass is 10.2. The van der Waals surface area contributed by atoms with E-state index >= 15 is 0 Å². The molecule has 0 N–H and O–H groups in total. The van der Waals surface area contributed by atoms with Crippen LogP contribution in [0.4, 0.5) is 0 Å². The van der Waals surface area contributed by atoms with Gasteiger partial charge in [0.25, 0.3) is 0 Å². The van der Waals surface area contributed by atoms with Gasteiger partial charge in [0.15, 0.2) is 0 Å². The van der Waals surface area contributed by atoms with Gasteiger partial charge in [-0.15, -0.1) is 0 Å². The van der Waals surface area contributed by atoms with Gasteiger partial charge in [-0.1, -0.05) is 0 Å². The Morgan fingerprint density at radius 3 is 2.38 bits per heavy atom. The van der Waals surface area contributed by atoms with Gasteiger partial charge in [-0.2, -0.15) is 11.8 Å². The van der Waals surface area contributed by atoms with Crippen molar-refractivity contribution in [1.82, 2.24) is 0 Å². The van der Waals surface area contributed by atoms with E-state index in [1.54, 1.807) is 0 Å². The van der Waals surface area contributed by atoms with Crippen molar-refractivity contribution >= 4 is 11.8 Å². The molecular weight excluding hydrogens is 120 g/mol. The van der Waals surface area contributed by atoms with Crippen molar-refractivity contribution in [3.05, 3.63) is 7.11 Å². The third kappa shape index (κ3) is 1.67. The van der Waals surface area contributed by atoms with E-state index in [4.69, 9.17) is 4.74 Å². The van der Waals surface area contributed by atoms with Crippen LogP contribution in [-0.4, -0.2) is 17.6 Å². The minimum absolute atomic E-state index is 0.455. The summed E-state index contributed by atoms with van der Waals surface area (Å²) in [5.74, 6) is 2.50.